The van der Waals surface area contributed by atoms with Gasteiger partial charge in [0.1, 0.15) is 0 Å². The topological polar surface area (TPSA) is 50.8 Å². The van der Waals surface area contributed by atoms with Gasteiger partial charge in [-0.25, -0.2) is 0 Å². The minimum atomic E-state index is 0.232. The van der Waals surface area contributed by atoms with E-state index in [-0.39, 0.29) is 11.3 Å². The molecule has 5 nitrogen and oxygen atoms in total. The number of rotatable bonds is 5. The Morgan fingerprint density at radius 1 is 1.29 bits per heavy atom. The number of carbonyl (C=O) groups is 1. The molecule has 0 aromatic heterocycles. The molecule has 1 amide bonds. The van der Waals surface area contributed by atoms with Crippen LogP contribution >= 0.6 is 0 Å². The summed E-state index contributed by atoms with van der Waals surface area (Å²) in [5.74, 6) is 0.232. The molecule has 0 aromatic carbocycles. The molecular formula is C12H22N2O3. The number of nitrogens with one attached hydrogen (secondary N) is 1. The van der Waals surface area contributed by atoms with E-state index in [2.05, 4.69) is 12.2 Å². The molecule has 0 unspecified atom stereocenters. The zero-order valence-corrected chi connectivity index (χ0v) is 10.5. The zero-order valence-electron chi connectivity index (χ0n) is 10.5. The second-order valence-electron chi connectivity index (χ2n) is 5.22. The molecule has 0 aromatic rings. The van der Waals surface area contributed by atoms with Gasteiger partial charge in [0.05, 0.1) is 26.4 Å². The van der Waals surface area contributed by atoms with Crippen LogP contribution in [-0.4, -0.2) is 63.4 Å². The van der Waals surface area contributed by atoms with Gasteiger partial charge in [0.25, 0.3) is 0 Å². The van der Waals surface area contributed by atoms with E-state index in [1.54, 1.807) is 0 Å². The molecule has 0 radical (unpaired) electrons. The lowest BCUT2D eigenvalue weighted by Crippen LogP contribution is -2.48. The summed E-state index contributed by atoms with van der Waals surface area (Å²) in [4.78, 5) is 13.7. The highest BCUT2D eigenvalue weighted by Gasteiger charge is 2.32. The molecule has 2 rings (SSSR count). The summed E-state index contributed by atoms with van der Waals surface area (Å²) in [6.07, 6.45) is 0.580. The van der Waals surface area contributed by atoms with Gasteiger partial charge in [0.2, 0.25) is 5.91 Å². The first-order chi connectivity index (χ1) is 8.20. The maximum absolute atomic E-state index is 11.8. The van der Waals surface area contributed by atoms with Crippen molar-refractivity contribution in [3.63, 3.8) is 0 Å². The SMILES string of the molecule is CC1(CNCCC(=O)N2CCOCC2)COC1. The molecule has 2 fully saturated rings. The van der Waals surface area contributed by atoms with Gasteiger partial charge in [-0.1, -0.05) is 6.92 Å². The quantitative estimate of drug-likeness (QED) is 0.682. The van der Waals surface area contributed by atoms with Crippen LogP contribution in [0, 0.1) is 5.41 Å². The Bertz CT molecular complexity index is 260. The minimum absolute atomic E-state index is 0.232. The first kappa shape index (κ1) is 12.8. The summed E-state index contributed by atoms with van der Waals surface area (Å²) in [5, 5.41) is 3.34. The normalized spacial score (nSPS) is 23.2. The van der Waals surface area contributed by atoms with Gasteiger partial charge in [0.15, 0.2) is 0 Å². The van der Waals surface area contributed by atoms with Crippen molar-refractivity contribution >= 4 is 5.91 Å². The van der Waals surface area contributed by atoms with Crippen molar-refractivity contribution in [2.24, 2.45) is 5.41 Å². The summed E-state index contributed by atoms with van der Waals surface area (Å²) >= 11 is 0. The molecule has 0 spiro atoms. The lowest BCUT2D eigenvalue weighted by Gasteiger charge is -2.38. The molecule has 1 N–H and O–H groups in total. The Hall–Kier alpha value is -0.650. The van der Waals surface area contributed by atoms with Gasteiger partial charge >= 0.3 is 0 Å². The fourth-order valence-corrected chi connectivity index (χ4v) is 2.11. The van der Waals surface area contributed by atoms with Crippen LogP contribution in [0.4, 0.5) is 0 Å². The second kappa shape index (κ2) is 5.80. The van der Waals surface area contributed by atoms with Crippen LogP contribution < -0.4 is 5.32 Å². The number of carbonyl (C=O) groups excluding carboxylic acids is 1. The van der Waals surface area contributed by atoms with Crippen molar-refractivity contribution in [3.8, 4) is 0 Å². The molecule has 98 valence electrons. The van der Waals surface area contributed by atoms with Crippen molar-refractivity contribution < 1.29 is 14.3 Å². The molecule has 0 saturated carbocycles. The Morgan fingerprint density at radius 3 is 2.59 bits per heavy atom. The fraction of sp³-hybridized carbons (Fsp3) is 0.917. The summed E-state index contributed by atoms with van der Waals surface area (Å²) in [6.45, 7) is 8.38. The van der Waals surface area contributed by atoms with Gasteiger partial charge in [-0.05, 0) is 0 Å². The van der Waals surface area contributed by atoms with Gasteiger partial charge in [0, 0.05) is 38.0 Å². The number of ether oxygens (including phenoxy) is 2. The average molecular weight is 242 g/mol. The van der Waals surface area contributed by atoms with Crippen LogP contribution in [-0.2, 0) is 14.3 Å². The van der Waals surface area contributed by atoms with E-state index in [4.69, 9.17) is 9.47 Å². The lowest BCUT2D eigenvalue weighted by molar-refractivity contribution is -0.135. The number of hydrogen-bond acceptors (Lipinski definition) is 4. The van der Waals surface area contributed by atoms with Gasteiger partial charge in [-0.3, -0.25) is 4.79 Å². The average Bonchev–Trinajstić information content (AvgIpc) is 2.33. The van der Waals surface area contributed by atoms with E-state index < -0.39 is 0 Å². The lowest BCUT2D eigenvalue weighted by atomic mass is 9.89. The van der Waals surface area contributed by atoms with Gasteiger partial charge in [-0.15, -0.1) is 0 Å². The van der Waals surface area contributed by atoms with E-state index in [9.17, 15) is 4.79 Å². The summed E-state index contributed by atoms with van der Waals surface area (Å²) in [5.41, 5.74) is 0.280. The maximum Gasteiger partial charge on any atom is 0.224 e. The maximum atomic E-state index is 11.8. The molecule has 17 heavy (non-hydrogen) atoms. The highest BCUT2D eigenvalue weighted by Crippen LogP contribution is 2.24. The molecule has 0 bridgehead atoms. The number of morpholine rings is 1. The Labute approximate surface area is 102 Å². The Morgan fingerprint density at radius 2 is 2.00 bits per heavy atom. The van der Waals surface area contributed by atoms with Gasteiger partial charge in [-0.2, -0.15) is 0 Å². The molecule has 2 saturated heterocycles. The van der Waals surface area contributed by atoms with Gasteiger partial charge < -0.3 is 19.7 Å². The van der Waals surface area contributed by atoms with E-state index in [1.165, 1.54) is 0 Å². The van der Waals surface area contributed by atoms with Crippen LogP contribution in [0.3, 0.4) is 0 Å². The smallest absolute Gasteiger partial charge is 0.224 e. The number of hydrogen-bond donors (Lipinski definition) is 1. The second-order valence-corrected chi connectivity index (χ2v) is 5.22. The van der Waals surface area contributed by atoms with E-state index >= 15 is 0 Å². The fourth-order valence-electron chi connectivity index (χ4n) is 2.11. The molecular weight excluding hydrogens is 220 g/mol. The molecule has 2 heterocycles. The Kier molecular flexibility index (Phi) is 4.36. The zero-order chi connectivity index (χ0) is 12.1. The molecule has 0 atom stereocenters. The van der Waals surface area contributed by atoms with Crippen molar-refractivity contribution in [2.45, 2.75) is 13.3 Å². The standard InChI is InChI=1S/C12H22N2O3/c1-12(9-17-10-12)8-13-3-2-11(15)14-4-6-16-7-5-14/h13H,2-10H2,1H3. The third-order valence-corrected chi connectivity index (χ3v) is 3.33. The van der Waals surface area contributed by atoms with Crippen LogP contribution in [0.25, 0.3) is 0 Å². The van der Waals surface area contributed by atoms with Crippen LogP contribution in [0.1, 0.15) is 13.3 Å². The van der Waals surface area contributed by atoms with E-state index in [1.807, 2.05) is 4.90 Å². The van der Waals surface area contributed by atoms with Crippen molar-refractivity contribution in [1.82, 2.24) is 10.2 Å². The van der Waals surface area contributed by atoms with Crippen molar-refractivity contribution in [1.29, 1.82) is 0 Å². The summed E-state index contributed by atoms with van der Waals surface area (Å²) < 4.78 is 10.4. The third kappa shape index (κ3) is 3.66. The molecule has 0 aliphatic carbocycles. The Balaban J connectivity index is 1.56. The van der Waals surface area contributed by atoms with Crippen molar-refractivity contribution in [2.75, 3.05) is 52.6 Å². The first-order valence-corrected chi connectivity index (χ1v) is 6.34. The summed E-state index contributed by atoms with van der Waals surface area (Å²) in [6, 6.07) is 0. The monoisotopic (exact) mass is 242 g/mol. The van der Waals surface area contributed by atoms with Crippen molar-refractivity contribution in [3.05, 3.63) is 0 Å². The predicted molar refractivity (Wildman–Crippen MR) is 63.8 cm³/mol. The highest BCUT2D eigenvalue weighted by molar-refractivity contribution is 5.76. The first-order valence-electron chi connectivity index (χ1n) is 6.34. The van der Waals surface area contributed by atoms with Crippen LogP contribution in [0.5, 0.6) is 0 Å². The van der Waals surface area contributed by atoms with Crippen LogP contribution in [0.15, 0.2) is 0 Å². The van der Waals surface area contributed by atoms with Crippen LogP contribution in [0.2, 0.25) is 0 Å². The summed E-state index contributed by atoms with van der Waals surface area (Å²) in [7, 11) is 0. The predicted octanol–water partition coefficient (Wildman–Crippen LogP) is -0.139. The molecule has 2 aliphatic rings. The molecule has 5 heteroatoms. The number of nitrogens with zero attached hydrogens (tertiary/aromatic N) is 1. The highest BCUT2D eigenvalue weighted by atomic mass is 16.5. The van der Waals surface area contributed by atoms with E-state index in [0.29, 0.717) is 19.6 Å². The molecule has 2 aliphatic heterocycles. The largest absolute Gasteiger partial charge is 0.380 e. The third-order valence-electron chi connectivity index (χ3n) is 3.33. The van der Waals surface area contributed by atoms with E-state index in [0.717, 1.165) is 39.4 Å². The number of amides is 1. The minimum Gasteiger partial charge on any atom is -0.380 e.